The van der Waals surface area contributed by atoms with E-state index < -0.39 is 0 Å². The summed E-state index contributed by atoms with van der Waals surface area (Å²) in [7, 11) is 0. The van der Waals surface area contributed by atoms with Gasteiger partial charge in [0.2, 0.25) is 11.7 Å². The van der Waals surface area contributed by atoms with Crippen molar-refractivity contribution in [1.29, 1.82) is 0 Å². The third-order valence-corrected chi connectivity index (χ3v) is 7.03. The van der Waals surface area contributed by atoms with Crippen LogP contribution in [0.4, 0.5) is 11.5 Å². The van der Waals surface area contributed by atoms with Crippen LogP contribution in [0, 0.1) is 0 Å². The quantitative estimate of drug-likeness (QED) is 0.326. The van der Waals surface area contributed by atoms with Crippen LogP contribution >= 0.6 is 11.8 Å². The number of hydrogen-bond acceptors (Lipinski definition) is 9. The molecule has 0 spiro atoms. The molecule has 6 rings (SSSR count). The maximum atomic E-state index is 12.9. The minimum atomic E-state index is -0.304. The number of anilines is 2. The van der Waals surface area contributed by atoms with Crippen LogP contribution < -0.4 is 15.5 Å². The normalized spacial score (nSPS) is 14.0. The number of hydrogen-bond donors (Lipinski definition) is 0. The minimum absolute atomic E-state index is 0.0848. The lowest BCUT2D eigenvalue weighted by molar-refractivity contribution is 0.364. The Labute approximate surface area is 211 Å². The highest BCUT2D eigenvalue weighted by Crippen LogP contribution is 2.22. The zero-order valence-electron chi connectivity index (χ0n) is 19.7. The number of piperazine rings is 1. The number of aromatic nitrogens is 6. The molecule has 1 aliphatic heterocycles. The van der Waals surface area contributed by atoms with Crippen molar-refractivity contribution in [2.24, 2.45) is 0 Å². The fourth-order valence-corrected chi connectivity index (χ4v) is 4.73. The highest BCUT2D eigenvalue weighted by Gasteiger charge is 2.20. The van der Waals surface area contributed by atoms with Crippen LogP contribution in [0.1, 0.15) is 5.89 Å². The molecule has 3 aromatic heterocycles. The van der Waals surface area contributed by atoms with Crippen LogP contribution in [0.25, 0.3) is 17.0 Å². The molecule has 2 aromatic carbocycles. The molecule has 4 heterocycles. The van der Waals surface area contributed by atoms with Crippen LogP contribution in [0.3, 0.4) is 0 Å². The van der Waals surface area contributed by atoms with Crippen LogP contribution in [0.2, 0.25) is 0 Å². The van der Waals surface area contributed by atoms with Gasteiger partial charge in [0.15, 0.2) is 5.65 Å². The molecule has 0 N–H and O–H groups in total. The van der Waals surface area contributed by atoms with Gasteiger partial charge in [0.25, 0.3) is 0 Å². The van der Waals surface area contributed by atoms with E-state index in [0.29, 0.717) is 17.4 Å². The van der Waals surface area contributed by atoms with E-state index in [4.69, 9.17) is 4.52 Å². The molecule has 1 fully saturated rings. The molecule has 0 saturated carbocycles. The van der Waals surface area contributed by atoms with Gasteiger partial charge in [0.05, 0.1) is 0 Å². The Morgan fingerprint density at radius 1 is 0.972 bits per heavy atom. The molecule has 10 nitrogen and oxygen atoms in total. The molecular weight excluding hydrogens is 476 g/mol. The zero-order valence-corrected chi connectivity index (χ0v) is 20.5. The van der Waals surface area contributed by atoms with Crippen LogP contribution in [0.15, 0.2) is 81.2 Å². The van der Waals surface area contributed by atoms with Gasteiger partial charge in [-0.2, -0.15) is 4.98 Å². The van der Waals surface area contributed by atoms with Crippen molar-refractivity contribution in [3.8, 4) is 11.4 Å². The summed E-state index contributed by atoms with van der Waals surface area (Å²) >= 11 is 1.67. The number of thioether (sulfide) groups is 1. The molecule has 0 radical (unpaired) electrons. The second kappa shape index (κ2) is 9.50. The van der Waals surface area contributed by atoms with Gasteiger partial charge in [-0.1, -0.05) is 23.4 Å². The van der Waals surface area contributed by atoms with E-state index in [0.717, 1.165) is 42.5 Å². The van der Waals surface area contributed by atoms with E-state index in [-0.39, 0.29) is 12.2 Å². The van der Waals surface area contributed by atoms with Gasteiger partial charge in [-0.15, -0.1) is 16.9 Å². The number of benzene rings is 2. The van der Waals surface area contributed by atoms with E-state index >= 15 is 0 Å². The fourth-order valence-electron chi connectivity index (χ4n) is 4.33. The van der Waals surface area contributed by atoms with Crippen molar-refractivity contribution in [2.75, 3.05) is 42.2 Å². The maximum Gasteiger partial charge on any atom is 0.352 e. The molecule has 1 saturated heterocycles. The van der Waals surface area contributed by atoms with Gasteiger partial charge in [-0.05, 0) is 42.7 Å². The Morgan fingerprint density at radius 2 is 1.72 bits per heavy atom. The maximum absolute atomic E-state index is 12.9. The molecule has 36 heavy (non-hydrogen) atoms. The Bertz CT molecular complexity index is 1540. The molecule has 0 atom stereocenters. The average molecular weight is 501 g/mol. The molecule has 11 heteroatoms. The largest absolute Gasteiger partial charge is 0.368 e. The highest BCUT2D eigenvalue weighted by atomic mass is 32.2. The zero-order chi connectivity index (χ0) is 24.5. The first-order chi connectivity index (χ1) is 17.7. The summed E-state index contributed by atoms with van der Waals surface area (Å²) in [6.45, 7) is 3.56. The lowest BCUT2D eigenvalue weighted by Gasteiger charge is -2.36. The predicted molar refractivity (Wildman–Crippen MR) is 139 cm³/mol. The van der Waals surface area contributed by atoms with Gasteiger partial charge in [0, 0.05) is 48.4 Å². The SMILES string of the molecule is CSc1ccc(-c2noc(Cn3nc4cc(N5CCN(c6ccccc6)CC5)ncn4c3=O)n2)cc1. The van der Waals surface area contributed by atoms with E-state index in [9.17, 15) is 4.79 Å². The Kier molecular flexibility index (Phi) is 5.90. The van der Waals surface area contributed by atoms with Crippen molar-refractivity contribution in [1.82, 2.24) is 29.3 Å². The van der Waals surface area contributed by atoms with E-state index in [1.807, 2.05) is 42.7 Å². The molecule has 182 valence electrons. The molecule has 0 unspecified atom stereocenters. The lowest BCUT2D eigenvalue weighted by Crippen LogP contribution is -2.46. The lowest BCUT2D eigenvalue weighted by atomic mass is 10.2. The van der Waals surface area contributed by atoms with Gasteiger partial charge in [0.1, 0.15) is 18.7 Å². The third kappa shape index (κ3) is 4.33. The molecule has 0 amide bonds. The molecule has 0 bridgehead atoms. The fraction of sp³-hybridized carbons (Fsp3) is 0.240. The van der Waals surface area contributed by atoms with E-state index in [1.54, 1.807) is 11.8 Å². The van der Waals surface area contributed by atoms with Gasteiger partial charge in [-0.25, -0.2) is 18.9 Å². The van der Waals surface area contributed by atoms with Gasteiger partial charge >= 0.3 is 5.69 Å². The summed E-state index contributed by atoms with van der Waals surface area (Å²) in [5.41, 5.74) is 2.31. The van der Waals surface area contributed by atoms with Gasteiger partial charge < -0.3 is 14.3 Å². The Balaban J connectivity index is 1.17. The first-order valence-corrected chi connectivity index (χ1v) is 12.9. The first-order valence-electron chi connectivity index (χ1n) is 11.6. The Hall–Kier alpha value is -4.12. The van der Waals surface area contributed by atoms with Crippen LogP contribution in [-0.2, 0) is 6.54 Å². The van der Waals surface area contributed by atoms with Crippen molar-refractivity contribution < 1.29 is 4.52 Å². The molecule has 5 aromatic rings. The topological polar surface area (TPSA) is 97.6 Å². The summed E-state index contributed by atoms with van der Waals surface area (Å²) in [6, 6.07) is 20.2. The third-order valence-electron chi connectivity index (χ3n) is 6.29. The number of fused-ring (bicyclic) bond motifs is 1. The second-order valence-corrected chi connectivity index (χ2v) is 9.35. The monoisotopic (exact) mass is 500 g/mol. The summed E-state index contributed by atoms with van der Waals surface area (Å²) in [5, 5.41) is 8.55. The second-order valence-electron chi connectivity index (χ2n) is 8.47. The van der Waals surface area contributed by atoms with Crippen molar-refractivity contribution >= 4 is 28.9 Å². The summed E-state index contributed by atoms with van der Waals surface area (Å²) in [4.78, 5) is 27.6. The standard InChI is InChI=1S/C25H24N8O2S/c1-36-20-9-7-18(8-10-20)24-27-23(35-29-24)16-33-25(34)32-17-26-21(15-22(32)28-33)31-13-11-30(12-14-31)19-5-3-2-4-6-19/h2-10,15,17H,11-14,16H2,1H3. The first kappa shape index (κ1) is 22.4. The minimum Gasteiger partial charge on any atom is -0.368 e. The smallest absolute Gasteiger partial charge is 0.352 e. The molecule has 0 aliphatic carbocycles. The number of para-hydroxylation sites is 1. The van der Waals surface area contributed by atoms with Crippen LogP contribution in [-0.4, -0.2) is 61.7 Å². The Morgan fingerprint density at radius 3 is 2.47 bits per heavy atom. The van der Waals surface area contributed by atoms with Crippen LogP contribution in [0.5, 0.6) is 0 Å². The summed E-state index contributed by atoms with van der Waals surface area (Å²) < 4.78 is 8.15. The molecule has 1 aliphatic rings. The number of rotatable bonds is 6. The van der Waals surface area contributed by atoms with Gasteiger partial charge in [-0.3, -0.25) is 0 Å². The van der Waals surface area contributed by atoms with Crippen molar-refractivity contribution in [3.63, 3.8) is 0 Å². The van der Waals surface area contributed by atoms with E-state index in [1.165, 1.54) is 21.1 Å². The summed E-state index contributed by atoms with van der Waals surface area (Å²) in [5.74, 6) is 1.60. The summed E-state index contributed by atoms with van der Waals surface area (Å²) in [6.07, 6.45) is 3.56. The highest BCUT2D eigenvalue weighted by molar-refractivity contribution is 7.98. The van der Waals surface area contributed by atoms with Crippen molar-refractivity contribution in [2.45, 2.75) is 11.4 Å². The number of nitrogens with zero attached hydrogens (tertiary/aromatic N) is 8. The van der Waals surface area contributed by atoms with E-state index in [2.05, 4.69) is 54.3 Å². The molecular formula is C25H24N8O2S. The van der Waals surface area contributed by atoms with Crippen molar-refractivity contribution in [3.05, 3.63) is 83.4 Å². The average Bonchev–Trinajstić information content (AvgIpc) is 3.53. The predicted octanol–water partition coefficient (Wildman–Crippen LogP) is 3.04.